The Morgan fingerprint density at radius 2 is 2.13 bits per heavy atom. The van der Waals surface area contributed by atoms with Gasteiger partial charge in [-0.05, 0) is 17.7 Å². The number of benzene rings is 1. The Hall–Kier alpha value is -0.620. The smallest absolute Gasteiger partial charge is 0.216 e. The maximum absolute atomic E-state index is 11.1. The van der Waals surface area contributed by atoms with E-state index >= 15 is 0 Å². The molecule has 0 fully saturated rings. The highest BCUT2D eigenvalue weighted by molar-refractivity contribution is 7.86. The quantitative estimate of drug-likeness (QED) is 0.875. The van der Waals surface area contributed by atoms with Crippen LogP contribution in [0.5, 0.6) is 0 Å². The highest BCUT2D eigenvalue weighted by atomic mass is 35.5. The van der Waals surface area contributed by atoms with Crippen LogP contribution < -0.4 is 5.14 Å². The van der Waals surface area contributed by atoms with E-state index in [2.05, 4.69) is 0 Å². The van der Waals surface area contributed by atoms with Crippen LogP contribution in [0.25, 0.3) is 0 Å². The second kappa shape index (κ2) is 4.94. The minimum Gasteiger partial charge on any atom is -0.216 e. The summed E-state index contributed by atoms with van der Waals surface area (Å²) in [6, 6.07) is 7.03. The molecule has 0 aliphatic heterocycles. The van der Waals surface area contributed by atoms with Crippen LogP contribution in [0.1, 0.15) is 12.5 Å². The van der Waals surface area contributed by atoms with E-state index in [0.717, 1.165) is 5.56 Å². The molecule has 0 saturated carbocycles. The molecule has 2 N–H and O–H groups in total. The van der Waals surface area contributed by atoms with E-state index in [1.54, 1.807) is 31.2 Å². The predicted octanol–water partition coefficient (Wildman–Crippen LogP) is 1.37. The van der Waals surface area contributed by atoms with Crippen molar-refractivity contribution in [3.05, 3.63) is 34.9 Å². The molecule has 0 atom stereocenters. The zero-order chi connectivity index (χ0) is 11.5. The third-order valence-corrected chi connectivity index (χ3v) is 3.30. The molecule has 0 aliphatic carbocycles. The summed E-state index contributed by atoms with van der Waals surface area (Å²) in [7, 11) is -3.64. The van der Waals surface area contributed by atoms with Gasteiger partial charge >= 0.3 is 0 Å². The van der Waals surface area contributed by atoms with Crippen molar-refractivity contribution >= 4 is 21.8 Å². The van der Waals surface area contributed by atoms with Crippen molar-refractivity contribution in [1.29, 1.82) is 0 Å². The molecule has 0 amide bonds. The lowest BCUT2D eigenvalue weighted by molar-refractivity contribution is 0.424. The van der Waals surface area contributed by atoms with Gasteiger partial charge in [0.1, 0.15) is 0 Å². The minimum absolute atomic E-state index is 0.246. The predicted molar refractivity (Wildman–Crippen MR) is 60.6 cm³/mol. The fourth-order valence-electron chi connectivity index (χ4n) is 1.22. The standard InChI is InChI=1S/C9H13ClN2O2S/c1-2-12(15(11,13)14)7-8-4-3-5-9(10)6-8/h3-6H,2,7H2,1H3,(H2,11,13,14). The summed E-state index contributed by atoms with van der Waals surface area (Å²) in [6.07, 6.45) is 0. The summed E-state index contributed by atoms with van der Waals surface area (Å²) < 4.78 is 23.4. The fourth-order valence-corrected chi connectivity index (χ4v) is 2.12. The Bertz CT molecular complexity index is 433. The van der Waals surface area contributed by atoms with Crippen LogP contribution in [-0.4, -0.2) is 19.3 Å². The Labute approximate surface area is 94.8 Å². The highest BCUT2D eigenvalue weighted by Crippen LogP contribution is 2.13. The summed E-state index contributed by atoms with van der Waals surface area (Å²) in [6.45, 7) is 2.32. The number of rotatable bonds is 4. The summed E-state index contributed by atoms with van der Waals surface area (Å²) in [5.74, 6) is 0. The van der Waals surface area contributed by atoms with Gasteiger partial charge in [-0.15, -0.1) is 0 Å². The summed E-state index contributed by atoms with van der Waals surface area (Å²) in [5.41, 5.74) is 0.818. The second-order valence-corrected chi connectivity index (χ2v) is 5.08. The molecule has 0 heterocycles. The van der Waals surface area contributed by atoms with E-state index in [-0.39, 0.29) is 6.54 Å². The van der Waals surface area contributed by atoms with Gasteiger partial charge in [0.15, 0.2) is 0 Å². The fraction of sp³-hybridized carbons (Fsp3) is 0.333. The van der Waals surface area contributed by atoms with Gasteiger partial charge in [0, 0.05) is 18.1 Å². The van der Waals surface area contributed by atoms with E-state index in [4.69, 9.17) is 16.7 Å². The first kappa shape index (κ1) is 12.4. The summed E-state index contributed by atoms with van der Waals surface area (Å²) in [4.78, 5) is 0. The van der Waals surface area contributed by atoms with E-state index in [0.29, 0.717) is 11.6 Å². The van der Waals surface area contributed by atoms with Crippen LogP contribution in [-0.2, 0) is 16.8 Å². The van der Waals surface area contributed by atoms with Gasteiger partial charge in [-0.1, -0.05) is 30.7 Å². The van der Waals surface area contributed by atoms with Crippen molar-refractivity contribution < 1.29 is 8.42 Å². The SMILES string of the molecule is CCN(Cc1cccc(Cl)c1)S(N)(=O)=O. The van der Waals surface area contributed by atoms with E-state index in [9.17, 15) is 8.42 Å². The highest BCUT2D eigenvalue weighted by Gasteiger charge is 2.15. The van der Waals surface area contributed by atoms with E-state index in [1.807, 2.05) is 0 Å². The Morgan fingerprint density at radius 3 is 2.60 bits per heavy atom. The Balaban J connectivity index is 2.85. The molecule has 1 aromatic rings. The molecule has 0 radical (unpaired) electrons. The van der Waals surface area contributed by atoms with Crippen LogP contribution >= 0.6 is 11.6 Å². The number of hydrogen-bond acceptors (Lipinski definition) is 2. The molecule has 0 saturated heterocycles. The third-order valence-electron chi connectivity index (χ3n) is 1.96. The monoisotopic (exact) mass is 248 g/mol. The maximum Gasteiger partial charge on any atom is 0.277 e. The van der Waals surface area contributed by atoms with E-state index < -0.39 is 10.2 Å². The summed E-state index contributed by atoms with van der Waals surface area (Å²) >= 11 is 5.79. The molecule has 1 rings (SSSR count). The normalized spacial score (nSPS) is 12.0. The number of halogens is 1. The molecule has 1 aromatic carbocycles. The molecule has 0 spiro atoms. The largest absolute Gasteiger partial charge is 0.277 e. The van der Waals surface area contributed by atoms with Crippen molar-refractivity contribution in [2.24, 2.45) is 5.14 Å². The first-order chi connectivity index (χ1) is 6.93. The van der Waals surface area contributed by atoms with Crippen LogP contribution in [0.3, 0.4) is 0 Å². The number of nitrogens with zero attached hydrogens (tertiary/aromatic N) is 1. The molecule has 4 nitrogen and oxygen atoms in total. The van der Waals surface area contributed by atoms with Crippen molar-refractivity contribution in [2.75, 3.05) is 6.54 Å². The third kappa shape index (κ3) is 3.79. The van der Waals surface area contributed by atoms with Crippen molar-refractivity contribution in [3.63, 3.8) is 0 Å². The van der Waals surface area contributed by atoms with Gasteiger partial charge in [-0.25, -0.2) is 5.14 Å². The Morgan fingerprint density at radius 1 is 1.47 bits per heavy atom. The molecule has 6 heteroatoms. The zero-order valence-electron chi connectivity index (χ0n) is 8.35. The number of hydrogen-bond donors (Lipinski definition) is 1. The maximum atomic E-state index is 11.1. The lowest BCUT2D eigenvalue weighted by Crippen LogP contribution is -2.35. The van der Waals surface area contributed by atoms with Crippen molar-refractivity contribution in [3.8, 4) is 0 Å². The average molecular weight is 249 g/mol. The molecular formula is C9H13ClN2O2S. The van der Waals surface area contributed by atoms with Gasteiger partial charge < -0.3 is 0 Å². The molecule has 0 aromatic heterocycles. The molecule has 0 aliphatic rings. The summed E-state index contributed by atoms with van der Waals surface area (Å²) in [5, 5.41) is 5.62. The van der Waals surface area contributed by atoms with Crippen LogP contribution in [0, 0.1) is 0 Å². The van der Waals surface area contributed by atoms with Gasteiger partial charge in [0.05, 0.1) is 0 Å². The molecule has 0 unspecified atom stereocenters. The van der Waals surface area contributed by atoms with Crippen molar-refractivity contribution in [2.45, 2.75) is 13.5 Å². The zero-order valence-corrected chi connectivity index (χ0v) is 9.92. The molecule has 0 bridgehead atoms. The van der Waals surface area contributed by atoms with Crippen LogP contribution in [0.2, 0.25) is 5.02 Å². The topological polar surface area (TPSA) is 63.4 Å². The molecule has 15 heavy (non-hydrogen) atoms. The lowest BCUT2D eigenvalue weighted by atomic mass is 10.2. The second-order valence-electron chi connectivity index (χ2n) is 3.10. The Kier molecular flexibility index (Phi) is 4.10. The molecule has 84 valence electrons. The lowest BCUT2D eigenvalue weighted by Gasteiger charge is -2.17. The van der Waals surface area contributed by atoms with Gasteiger partial charge in [-0.2, -0.15) is 12.7 Å². The number of nitrogens with two attached hydrogens (primary N) is 1. The minimum atomic E-state index is -3.64. The van der Waals surface area contributed by atoms with E-state index in [1.165, 1.54) is 4.31 Å². The first-order valence-corrected chi connectivity index (χ1v) is 6.34. The van der Waals surface area contributed by atoms with Gasteiger partial charge in [-0.3, -0.25) is 0 Å². The molecular weight excluding hydrogens is 236 g/mol. The van der Waals surface area contributed by atoms with Crippen molar-refractivity contribution in [1.82, 2.24) is 4.31 Å². The first-order valence-electron chi connectivity index (χ1n) is 4.46. The average Bonchev–Trinajstić information content (AvgIpc) is 2.12. The van der Waals surface area contributed by atoms with Crippen LogP contribution in [0.4, 0.5) is 0 Å². The van der Waals surface area contributed by atoms with Gasteiger partial charge in [0.25, 0.3) is 10.2 Å². The van der Waals surface area contributed by atoms with Gasteiger partial charge in [0.2, 0.25) is 0 Å². The van der Waals surface area contributed by atoms with Crippen LogP contribution in [0.15, 0.2) is 24.3 Å².